The van der Waals surface area contributed by atoms with E-state index in [0.717, 1.165) is 103 Å². The number of ketones is 1. The maximum absolute atomic E-state index is 14.4. The molecule has 3 N–H and O–H groups in total. The number of fused-ring (bicyclic) bond motifs is 3. The summed E-state index contributed by atoms with van der Waals surface area (Å²) in [4.78, 5) is 42.5. The predicted molar refractivity (Wildman–Crippen MR) is 442 cm³/mol. The van der Waals surface area contributed by atoms with Gasteiger partial charge in [0.25, 0.3) is 11.9 Å². The molecule has 0 radical (unpaired) electrons. The van der Waals surface area contributed by atoms with Gasteiger partial charge in [0.15, 0.2) is 25.5 Å². The van der Waals surface area contributed by atoms with Crippen LogP contribution in [-0.2, 0) is 96.7 Å². The first kappa shape index (κ1) is 107. The molecule has 0 spiro atoms. The number of rotatable bonds is 11. The van der Waals surface area contributed by atoms with Crippen molar-refractivity contribution in [2.45, 2.75) is 148 Å². The number of sulfone groups is 2. The van der Waals surface area contributed by atoms with E-state index < -0.39 is 106 Å². The monoisotopic (exact) mass is 2010 g/mol. The van der Waals surface area contributed by atoms with Crippen LogP contribution < -0.4 is 0 Å². The maximum atomic E-state index is 14.4. The largest absolute Gasteiger partial charge is 0.481 e. The van der Waals surface area contributed by atoms with Crippen LogP contribution in [0.4, 0.5) is 52.7 Å². The molecule has 11 nitrogen and oxygen atoms in total. The molecule has 0 aromatic heterocycles. The molecule has 116 heavy (non-hydrogen) atoms. The number of carbonyl (C=O) groups is 4. The van der Waals surface area contributed by atoms with Gasteiger partial charge < -0.3 is 15.3 Å². The van der Waals surface area contributed by atoms with Crippen molar-refractivity contribution in [3.63, 3.8) is 0 Å². The van der Waals surface area contributed by atoms with Crippen LogP contribution in [0.15, 0.2) is 203 Å². The van der Waals surface area contributed by atoms with Crippen molar-refractivity contribution in [2.24, 2.45) is 0 Å². The van der Waals surface area contributed by atoms with Crippen LogP contribution in [-0.4, -0.2) is 60.8 Å². The molecule has 32 heteroatoms. The number of hydrogen-bond donors (Lipinski definition) is 4. The van der Waals surface area contributed by atoms with E-state index in [9.17, 15) is 79.1 Å². The third kappa shape index (κ3) is 34.9. The van der Waals surface area contributed by atoms with E-state index in [0.29, 0.717) is 84.3 Å². The van der Waals surface area contributed by atoms with Crippen LogP contribution >= 0.6 is 86.0 Å². The molecule has 0 aliphatic heterocycles. The van der Waals surface area contributed by atoms with Gasteiger partial charge in [-0.25, -0.2) is 69.5 Å². The van der Waals surface area contributed by atoms with Gasteiger partial charge in [0.2, 0.25) is 0 Å². The Balaban J connectivity index is 0.000000673. The van der Waals surface area contributed by atoms with Crippen molar-refractivity contribution in [2.75, 3.05) is 4.93 Å². The SMILES string of the molecule is C=CC.CC(=O)O.CC(=O)O.CC1(S(=O)(=O)c2ccc(Cl)cc2)CCCc2c(F)ccc(F)c21.CC=CCc1cc(F)ccc1F.CI.Fc1ccc(F)c(CBr)c1.O=C(O)CCCc1cc(F)ccc1F.O=C1CCCc2c(F)ccc(F)c21.O=S(=O)(c1ccc(Cl)cc1)C1CCCc2c(F)ccc(F)c21.Sc1ccc(Cl)cc1.[Pd]. The van der Waals surface area contributed by atoms with Gasteiger partial charge in [-0.2, -0.15) is 0 Å². The first-order chi connectivity index (χ1) is 54.1. The zero-order valence-electron chi connectivity index (χ0n) is 63.1. The standard InChI is InChI=1S/C17H15ClF2O2S.C16H13ClF2O2S.C10H10F2O2.C10H8F2O.C10H10F2.C7H5BrF2.C6H5ClS.C3H6.2C2H4O2.CH3I.Pd/c1-17(23(21,22)12-6-4-11(18)5-7-12)10-2-3-13-14(19)8-9-15(20)16(13)17;17-10-4-6-11(7-5-10)22(20,21)15-3-1-2-12-13(18)8-9-14(19)16(12)15;11-8-4-5-9(12)7(6-8)2-1-3-10(13)14;11-7-4-5-8(12)10-6(7)2-1-3-9(10)13;1-2-3-4-8-7-9(11)5-6-10(8)12;8-4-5-3-6(9)1-2-7(5)10;7-5-1-3-6(8)4-2-5;1-3-2;2*1-2(3)4;1-2;/h4-9H,2-3,10H2,1H3;4-9,15H,1-3H2;4-6H,1-3H2,(H,13,14);4-5H,1-3H2;2-3,5-7H,4H2,1H3;1-3H,4H2;1-4,8H;3H,1H2,2H3;2*1H3,(H,3,4);1H3;. The second-order valence-corrected chi connectivity index (χ2v) is 31.6. The van der Waals surface area contributed by atoms with E-state index in [1.54, 1.807) is 12.2 Å². The van der Waals surface area contributed by atoms with Gasteiger partial charge >= 0.3 is 5.97 Å². The summed E-state index contributed by atoms with van der Waals surface area (Å²) in [6, 6.07) is 35.0. The summed E-state index contributed by atoms with van der Waals surface area (Å²) >= 11 is 26.4. The topological polar surface area (TPSA) is 197 Å². The molecule has 0 saturated heterocycles. The molecule has 0 saturated carbocycles. The number of aliphatic carboxylic acids is 3. The summed E-state index contributed by atoms with van der Waals surface area (Å²) in [5.41, 5.74) is 1.45. The summed E-state index contributed by atoms with van der Waals surface area (Å²) in [5.74, 6) is -8.91. The quantitative estimate of drug-likeness (QED) is 0.0240. The Kier molecular flexibility index (Phi) is 49.7. The molecular formula is C84H83BrCl3F12IO11PdS3. The summed E-state index contributed by atoms with van der Waals surface area (Å²) in [6.45, 7) is 10.7. The van der Waals surface area contributed by atoms with Gasteiger partial charge in [0, 0.05) is 94.7 Å². The number of halogens is 17. The van der Waals surface area contributed by atoms with E-state index >= 15 is 0 Å². The van der Waals surface area contributed by atoms with Crippen LogP contribution in [0.2, 0.25) is 15.1 Å². The third-order valence-corrected chi connectivity index (χ3v) is 22.5. The van der Waals surface area contributed by atoms with E-state index in [-0.39, 0.29) is 112 Å². The van der Waals surface area contributed by atoms with Crippen LogP contribution in [0.25, 0.3) is 0 Å². The Hall–Kier alpha value is -7.31. The van der Waals surface area contributed by atoms with E-state index in [2.05, 4.69) is 57.7 Å². The summed E-state index contributed by atoms with van der Waals surface area (Å²) < 4.78 is 209. The van der Waals surface area contributed by atoms with E-state index in [4.69, 9.17) is 59.7 Å². The number of carboxylic acids is 3. The van der Waals surface area contributed by atoms with E-state index in [1.807, 2.05) is 49.1 Å². The van der Waals surface area contributed by atoms with Crippen molar-refractivity contribution >= 4 is 129 Å². The Morgan fingerprint density at radius 2 is 0.931 bits per heavy atom. The van der Waals surface area contributed by atoms with Crippen molar-refractivity contribution in [1.29, 1.82) is 0 Å². The molecule has 0 heterocycles. The zero-order valence-corrected chi connectivity index (χ0v) is 73.2. The molecule has 12 rings (SSSR count). The molecular weight excluding hydrogens is 1930 g/mol. The Morgan fingerprint density at radius 1 is 0.543 bits per heavy atom. The number of Topliss-reactive ketones (excluding diaryl/α,β-unsaturated/α-hetero) is 1. The normalized spacial score (nSPS) is 13.8. The number of alkyl halides is 2. The number of carboxylic acid groups (broad SMARTS) is 3. The van der Waals surface area contributed by atoms with Gasteiger partial charge in [-0.05, 0) is 282 Å². The van der Waals surface area contributed by atoms with Gasteiger partial charge in [-0.3, -0.25) is 19.2 Å². The fourth-order valence-corrected chi connectivity index (χ4v) is 15.8. The van der Waals surface area contributed by atoms with Crippen LogP contribution in [0.5, 0.6) is 0 Å². The maximum Gasteiger partial charge on any atom is 0.303 e. The zero-order chi connectivity index (χ0) is 87.1. The third-order valence-electron chi connectivity index (χ3n) is 16.2. The molecule has 0 amide bonds. The Bertz CT molecular complexity index is 4930. The van der Waals surface area contributed by atoms with Gasteiger partial charge in [-0.15, -0.1) is 19.2 Å². The van der Waals surface area contributed by atoms with Gasteiger partial charge in [-0.1, -0.05) is 91.6 Å². The van der Waals surface area contributed by atoms with Crippen molar-refractivity contribution in [1.82, 2.24) is 0 Å². The molecule has 2 unspecified atom stereocenters. The molecule has 0 bridgehead atoms. The van der Waals surface area contributed by atoms with Crippen LogP contribution in [0.3, 0.4) is 0 Å². The molecule has 0 fully saturated rings. The average molecular weight is 2010 g/mol. The minimum Gasteiger partial charge on any atom is -0.481 e. The molecule has 9 aromatic carbocycles. The fourth-order valence-electron chi connectivity index (χ4n) is 11.1. The minimum absolute atomic E-state index is 0. The van der Waals surface area contributed by atoms with Gasteiger partial charge in [0.05, 0.1) is 20.6 Å². The number of hydrogen-bond acceptors (Lipinski definition) is 9. The van der Waals surface area contributed by atoms with Crippen LogP contribution in [0, 0.1) is 69.8 Å². The smallest absolute Gasteiger partial charge is 0.303 e. The number of thiol groups is 1. The fraction of sp³-hybridized carbons (Fsp3) is 0.262. The second kappa shape index (κ2) is 54.0. The second-order valence-electron chi connectivity index (χ2n) is 24.7. The molecule has 9 aromatic rings. The number of aryl methyl sites for hydroxylation is 1. The Morgan fingerprint density at radius 3 is 1.39 bits per heavy atom. The van der Waals surface area contributed by atoms with E-state index in [1.165, 1.54) is 67.6 Å². The first-order valence-corrected chi connectivity index (χ1v) is 42.4. The molecule has 3 aliphatic rings. The summed E-state index contributed by atoms with van der Waals surface area (Å²) in [5, 5.41) is 24.0. The van der Waals surface area contributed by atoms with Crippen LogP contribution in [0.1, 0.15) is 146 Å². The summed E-state index contributed by atoms with van der Waals surface area (Å²) in [7, 11) is -7.69. The first-order valence-electron chi connectivity index (χ1n) is 34.5. The predicted octanol–water partition coefficient (Wildman–Crippen LogP) is 25.0. The minimum atomic E-state index is -3.90. The van der Waals surface area contributed by atoms with Crippen molar-refractivity contribution in [3.8, 4) is 0 Å². The molecule has 632 valence electrons. The van der Waals surface area contributed by atoms with Gasteiger partial charge in [0.1, 0.15) is 74.6 Å². The molecule has 2 atom stereocenters. The summed E-state index contributed by atoms with van der Waals surface area (Å²) in [6.07, 6.45) is 9.93. The number of benzene rings is 9. The van der Waals surface area contributed by atoms with Crippen molar-refractivity contribution < 1.29 is 124 Å². The number of allylic oxidation sites excluding steroid dienone is 3. The van der Waals surface area contributed by atoms with Crippen molar-refractivity contribution in [3.05, 3.63) is 324 Å². The average Bonchev–Trinajstić information content (AvgIpc) is 0.728. The number of carbonyl (C=O) groups excluding carboxylic acids is 1. The Labute approximate surface area is 724 Å². The molecule has 3 aliphatic carbocycles.